The predicted octanol–water partition coefficient (Wildman–Crippen LogP) is 3.76. The lowest BCUT2D eigenvalue weighted by atomic mass is 10.1. The number of nitrogens with zero attached hydrogens (tertiary/aromatic N) is 2. The van der Waals surface area contributed by atoms with E-state index in [0.29, 0.717) is 6.54 Å². The van der Waals surface area contributed by atoms with E-state index in [1.165, 1.54) is 25.4 Å². The Balaban J connectivity index is 1.85. The van der Waals surface area contributed by atoms with Crippen molar-refractivity contribution in [2.45, 2.75) is 26.6 Å². The smallest absolute Gasteiger partial charge is 0.0798 e. The monoisotopic (exact) mass is 317 g/mol. The molecule has 5 heteroatoms. The first-order chi connectivity index (χ1) is 10.2. The van der Waals surface area contributed by atoms with Crippen LogP contribution < -0.4 is 5.73 Å². The van der Waals surface area contributed by atoms with Gasteiger partial charge in [-0.2, -0.15) is 0 Å². The lowest BCUT2D eigenvalue weighted by Gasteiger charge is -2.16. The summed E-state index contributed by atoms with van der Waals surface area (Å²) in [5.41, 5.74) is 10.4. The number of hydrogen-bond acceptors (Lipinski definition) is 5. The van der Waals surface area contributed by atoms with Crippen molar-refractivity contribution in [1.82, 2.24) is 9.88 Å². The molecular formula is C16H19N3S2. The standard InChI is InChI=1S/C16H19N3S2/c1-11-16(20-10-18-11)9-19(2)8-13-12-5-3-4-6-14(12)21-15(13)7-17/h3-6,10H,7-9,17H2,1-2H3. The third-order valence-electron chi connectivity index (χ3n) is 3.65. The number of fused-ring (bicyclic) bond motifs is 1. The number of nitrogens with two attached hydrogens (primary N) is 1. The number of benzene rings is 1. The lowest BCUT2D eigenvalue weighted by Crippen LogP contribution is -2.18. The van der Waals surface area contributed by atoms with E-state index < -0.39 is 0 Å². The summed E-state index contributed by atoms with van der Waals surface area (Å²) in [6.07, 6.45) is 0. The van der Waals surface area contributed by atoms with Gasteiger partial charge < -0.3 is 5.73 Å². The Kier molecular flexibility index (Phi) is 4.35. The summed E-state index contributed by atoms with van der Waals surface area (Å²) in [5.74, 6) is 0. The van der Waals surface area contributed by atoms with Crippen LogP contribution in [0.3, 0.4) is 0 Å². The van der Waals surface area contributed by atoms with Gasteiger partial charge in [0.2, 0.25) is 0 Å². The molecule has 0 aliphatic rings. The predicted molar refractivity (Wildman–Crippen MR) is 91.7 cm³/mol. The maximum absolute atomic E-state index is 5.93. The first-order valence-corrected chi connectivity index (χ1v) is 8.65. The van der Waals surface area contributed by atoms with Gasteiger partial charge in [0.1, 0.15) is 0 Å². The fraction of sp³-hybridized carbons (Fsp3) is 0.312. The molecule has 2 aromatic heterocycles. The number of rotatable bonds is 5. The van der Waals surface area contributed by atoms with E-state index >= 15 is 0 Å². The highest BCUT2D eigenvalue weighted by Crippen LogP contribution is 2.32. The Bertz CT molecular complexity index is 745. The maximum Gasteiger partial charge on any atom is 0.0798 e. The largest absolute Gasteiger partial charge is 0.326 e. The van der Waals surface area contributed by atoms with E-state index in [1.807, 2.05) is 16.8 Å². The Hall–Kier alpha value is -1.27. The van der Waals surface area contributed by atoms with Crippen LogP contribution in [0.4, 0.5) is 0 Å². The molecule has 0 amide bonds. The van der Waals surface area contributed by atoms with Crippen molar-refractivity contribution in [3.8, 4) is 0 Å². The zero-order valence-corrected chi connectivity index (χ0v) is 13.9. The third-order valence-corrected chi connectivity index (χ3v) is 5.81. The van der Waals surface area contributed by atoms with Crippen molar-refractivity contribution in [1.29, 1.82) is 0 Å². The molecule has 0 unspecified atom stereocenters. The molecule has 3 rings (SSSR count). The number of hydrogen-bond donors (Lipinski definition) is 1. The van der Waals surface area contributed by atoms with Crippen LogP contribution in [0.1, 0.15) is 21.0 Å². The van der Waals surface area contributed by atoms with Gasteiger partial charge in [-0.3, -0.25) is 4.90 Å². The molecule has 0 saturated carbocycles. The van der Waals surface area contributed by atoms with Crippen LogP contribution in [0, 0.1) is 6.92 Å². The van der Waals surface area contributed by atoms with Gasteiger partial charge in [-0.15, -0.1) is 22.7 Å². The van der Waals surface area contributed by atoms with Crippen molar-refractivity contribution in [2.75, 3.05) is 7.05 Å². The summed E-state index contributed by atoms with van der Waals surface area (Å²) in [4.78, 5) is 9.30. The molecule has 2 N–H and O–H groups in total. The SMILES string of the molecule is Cc1ncsc1CN(C)Cc1c(CN)sc2ccccc12. The summed E-state index contributed by atoms with van der Waals surface area (Å²) in [6.45, 7) is 4.55. The molecule has 0 spiro atoms. The minimum Gasteiger partial charge on any atom is -0.326 e. The second kappa shape index (κ2) is 6.23. The van der Waals surface area contributed by atoms with Gasteiger partial charge in [0.15, 0.2) is 0 Å². The van der Waals surface area contributed by atoms with Crippen molar-refractivity contribution >= 4 is 32.8 Å². The molecule has 0 saturated heterocycles. The lowest BCUT2D eigenvalue weighted by molar-refractivity contribution is 0.322. The van der Waals surface area contributed by atoms with E-state index in [1.54, 1.807) is 11.3 Å². The summed E-state index contributed by atoms with van der Waals surface area (Å²) in [7, 11) is 2.16. The molecule has 2 heterocycles. The van der Waals surface area contributed by atoms with E-state index in [-0.39, 0.29) is 0 Å². The fourth-order valence-corrected chi connectivity index (χ4v) is 4.49. The molecular weight excluding hydrogens is 298 g/mol. The molecule has 3 aromatic rings. The summed E-state index contributed by atoms with van der Waals surface area (Å²) in [6, 6.07) is 8.57. The van der Waals surface area contributed by atoms with Crippen LogP contribution in [0.25, 0.3) is 10.1 Å². The average molecular weight is 317 g/mol. The van der Waals surface area contributed by atoms with Gasteiger partial charge in [0.05, 0.1) is 11.2 Å². The minimum atomic E-state index is 0.613. The van der Waals surface area contributed by atoms with Crippen molar-refractivity contribution < 1.29 is 0 Å². The first kappa shape index (κ1) is 14.7. The molecule has 0 aliphatic carbocycles. The van der Waals surface area contributed by atoms with E-state index in [0.717, 1.165) is 18.8 Å². The molecule has 0 aliphatic heterocycles. The highest BCUT2D eigenvalue weighted by atomic mass is 32.1. The second-order valence-electron chi connectivity index (χ2n) is 5.24. The van der Waals surface area contributed by atoms with E-state index in [2.05, 4.69) is 48.1 Å². The molecule has 0 fully saturated rings. The first-order valence-electron chi connectivity index (χ1n) is 6.96. The Morgan fingerprint density at radius 3 is 2.71 bits per heavy atom. The van der Waals surface area contributed by atoms with Gasteiger partial charge in [-0.05, 0) is 31.0 Å². The van der Waals surface area contributed by atoms with Gasteiger partial charge >= 0.3 is 0 Å². The Morgan fingerprint density at radius 1 is 1.19 bits per heavy atom. The summed E-state index contributed by atoms with van der Waals surface area (Å²) >= 11 is 3.54. The van der Waals surface area contributed by atoms with Crippen LogP contribution >= 0.6 is 22.7 Å². The number of aryl methyl sites for hydroxylation is 1. The highest BCUT2D eigenvalue weighted by Gasteiger charge is 2.14. The van der Waals surface area contributed by atoms with Crippen molar-refractivity contribution in [3.63, 3.8) is 0 Å². The van der Waals surface area contributed by atoms with Crippen LogP contribution in [0.5, 0.6) is 0 Å². The molecule has 110 valence electrons. The molecule has 0 radical (unpaired) electrons. The minimum absolute atomic E-state index is 0.613. The molecule has 0 bridgehead atoms. The summed E-state index contributed by atoms with van der Waals surface area (Å²) < 4.78 is 1.33. The molecule has 21 heavy (non-hydrogen) atoms. The number of thiazole rings is 1. The quantitative estimate of drug-likeness (QED) is 0.779. The molecule has 0 atom stereocenters. The highest BCUT2D eigenvalue weighted by molar-refractivity contribution is 7.19. The fourth-order valence-electron chi connectivity index (χ4n) is 2.54. The van der Waals surface area contributed by atoms with E-state index in [9.17, 15) is 0 Å². The number of thiophene rings is 1. The zero-order valence-electron chi connectivity index (χ0n) is 12.3. The van der Waals surface area contributed by atoms with Crippen molar-refractivity contribution in [3.05, 3.63) is 50.8 Å². The van der Waals surface area contributed by atoms with Gasteiger partial charge in [-0.1, -0.05) is 18.2 Å². The second-order valence-corrected chi connectivity index (χ2v) is 7.31. The normalized spacial score (nSPS) is 11.6. The topological polar surface area (TPSA) is 42.2 Å². The molecule has 3 nitrogen and oxygen atoms in total. The van der Waals surface area contributed by atoms with Gasteiger partial charge in [0.25, 0.3) is 0 Å². The number of aromatic nitrogens is 1. The Morgan fingerprint density at radius 2 is 2.00 bits per heavy atom. The third kappa shape index (κ3) is 3.01. The van der Waals surface area contributed by atoms with Crippen LogP contribution in [-0.2, 0) is 19.6 Å². The van der Waals surface area contributed by atoms with Gasteiger partial charge in [-0.25, -0.2) is 4.98 Å². The zero-order chi connectivity index (χ0) is 14.8. The molecule has 1 aromatic carbocycles. The van der Waals surface area contributed by atoms with Crippen LogP contribution in [0.15, 0.2) is 29.8 Å². The van der Waals surface area contributed by atoms with E-state index in [4.69, 9.17) is 5.73 Å². The summed E-state index contributed by atoms with van der Waals surface area (Å²) in [5, 5.41) is 1.34. The van der Waals surface area contributed by atoms with Crippen molar-refractivity contribution in [2.24, 2.45) is 5.73 Å². The van der Waals surface area contributed by atoms with Crippen LogP contribution in [0.2, 0.25) is 0 Å². The Labute approximate surface area is 133 Å². The van der Waals surface area contributed by atoms with Gasteiger partial charge in [0, 0.05) is 34.1 Å². The van der Waals surface area contributed by atoms with Crippen LogP contribution in [-0.4, -0.2) is 16.9 Å². The average Bonchev–Trinajstić information content (AvgIpc) is 3.04. The maximum atomic E-state index is 5.93.